The second kappa shape index (κ2) is 10.1. The second-order valence-electron chi connectivity index (χ2n) is 6.82. The number of rotatable bonds is 7. The van der Waals surface area contributed by atoms with Gasteiger partial charge in [-0.05, 0) is 30.3 Å². The largest absolute Gasteiger partial charge is 0.486 e. The Morgan fingerprint density at radius 1 is 1.19 bits per heavy atom. The molecular formula is C21H21ClN4O5S. The van der Waals surface area contributed by atoms with Crippen molar-refractivity contribution in [1.82, 2.24) is 14.9 Å². The zero-order valence-electron chi connectivity index (χ0n) is 17.2. The number of carbonyl (C=O) groups excluding carboxylic acids is 2. The maximum Gasteiger partial charge on any atom is 0.325 e. The van der Waals surface area contributed by atoms with Gasteiger partial charge >= 0.3 is 6.03 Å². The molecule has 2 aromatic carbocycles. The highest BCUT2D eigenvalue weighted by atomic mass is 35.5. The van der Waals surface area contributed by atoms with Crippen LogP contribution >= 0.6 is 23.4 Å². The fourth-order valence-electron chi connectivity index (χ4n) is 3.17. The predicted molar refractivity (Wildman–Crippen MR) is 122 cm³/mol. The highest BCUT2D eigenvalue weighted by molar-refractivity contribution is 7.99. The van der Waals surface area contributed by atoms with Gasteiger partial charge in [-0.1, -0.05) is 23.4 Å². The van der Waals surface area contributed by atoms with Crippen molar-refractivity contribution in [3.63, 3.8) is 0 Å². The van der Waals surface area contributed by atoms with Crippen molar-refractivity contribution in [2.75, 3.05) is 38.0 Å². The number of halogens is 1. The van der Waals surface area contributed by atoms with E-state index in [0.717, 1.165) is 11.0 Å². The van der Waals surface area contributed by atoms with Crippen LogP contribution in [0, 0.1) is 0 Å². The number of benzene rings is 2. The molecule has 2 heterocycles. The molecule has 4 rings (SSSR count). The van der Waals surface area contributed by atoms with Gasteiger partial charge in [-0.15, -0.1) is 0 Å². The van der Waals surface area contributed by atoms with Crippen molar-refractivity contribution in [3.8, 4) is 11.5 Å². The van der Waals surface area contributed by atoms with Crippen LogP contribution in [0.15, 0.2) is 41.6 Å². The van der Waals surface area contributed by atoms with Crippen LogP contribution in [0.5, 0.6) is 11.5 Å². The van der Waals surface area contributed by atoms with Gasteiger partial charge in [0.1, 0.15) is 13.2 Å². The number of ether oxygens (including phenoxy) is 3. The van der Waals surface area contributed by atoms with Crippen LogP contribution in [0.2, 0.25) is 5.02 Å². The summed E-state index contributed by atoms with van der Waals surface area (Å²) in [5.74, 6) is 0.727. The molecule has 0 unspecified atom stereocenters. The minimum Gasteiger partial charge on any atom is -0.486 e. The highest BCUT2D eigenvalue weighted by Gasteiger charge is 2.16. The van der Waals surface area contributed by atoms with E-state index in [1.807, 2.05) is 10.6 Å². The molecule has 1 aliphatic heterocycles. The van der Waals surface area contributed by atoms with Crippen LogP contribution < -0.4 is 20.1 Å². The van der Waals surface area contributed by atoms with Gasteiger partial charge in [-0.2, -0.15) is 0 Å². The van der Waals surface area contributed by atoms with Crippen molar-refractivity contribution < 1.29 is 23.8 Å². The van der Waals surface area contributed by atoms with Crippen LogP contribution in [-0.4, -0.2) is 54.2 Å². The summed E-state index contributed by atoms with van der Waals surface area (Å²) in [4.78, 5) is 29.1. The zero-order chi connectivity index (χ0) is 22.5. The van der Waals surface area contributed by atoms with E-state index in [4.69, 9.17) is 25.8 Å². The third-order valence-corrected chi connectivity index (χ3v) is 5.79. The van der Waals surface area contributed by atoms with Gasteiger partial charge < -0.3 is 24.1 Å². The summed E-state index contributed by atoms with van der Waals surface area (Å²) < 4.78 is 18.1. The Morgan fingerprint density at radius 3 is 2.81 bits per heavy atom. The number of methoxy groups -OCH3 is 1. The zero-order valence-corrected chi connectivity index (χ0v) is 18.8. The fraction of sp³-hybridized carbons (Fsp3) is 0.286. The smallest absolute Gasteiger partial charge is 0.325 e. The van der Waals surface area contributed by atoms with E-state index in [0.29, 0.717) is 53.7 Å². The van der Waals surface area contributed by atoms with Crippen molar-refractivity contribution in [2.24, 2.45) is 0 Å². The maximum atomic E-state index is 12.3. The van der Waals surface area contributed by atoms with Crippen LogP contribution in [0.4, 0.5) is 10.5 Å². The first kappa shape index (κ1) is 22.3. The minimum atomic E-state index is -0.632. The molecule has 0 atom stereocenters. The van der Waals surface area contributed by atoms with Gasteiger partial charge in [-0.3, -0.25) is 10.1 Å². The minimum absolute atomic E-state index is 0.0125. The maximum absolute atomic E-state index is 12.3. The number of nitrogens with zero attached hydrogens (tertiary/aromatic N) is 2. The molecule has 0 fully saturated rings. The topological polar surface area (TPSA) is 104 Å². The lowest BCUT2D eigenvalue weighted by atomic mass is 10.2. The van der Waals surface area contributed by atoms with E-state index in [9.17, 15) is 9.59 Å². The molecule has 9 nitrogen and oxygen atoms in total. The molecular weight excluding hydrogens is 456 g/mol. The molecule has 0 bridgehead atoms. The lowest BCUT2D eigenvalue weighted by Gasteiger charge is -2.19. The first-order valence-corrected chi connectivity index (χ1v) is 11.2. The SMILES string of the molecule is COCCn1c(SCC(=O)NC(=O)Nc2ccc3c(c2)OCCO3)nc2cc(Cl)ccc21. The third kappa shape index (κ3) is 5.26. The summed E-state index contributed by atoms with van der Waals surface area (Å²) in [6.45, 7) is 1.99. The second-order valence-corrected chi connectivity index (χ2v) is 8.20. The Kier molecular flexibility index (Phi) is 7.03. The Morgan fingerprint density at radius 2 is 2.00 bits per heavy atom. The summed E-state index contributed by atoms with van der Waals surface area (Å²) >= 11 is 7.30. The number of aromatic nitrogens is 2. The van der Waals surface area contributed by atoms with Crippen molar-refractivity contribution in [3.05, 3.63) is 41.4 Å². The lowest BCUT2D eigenvalue weighted by molar-refractivity contribution is -0.117. The van der Waals surface area contributed by atoms with Crippen molar-refractivity contribution >= 4 is 52.0 Å². The van der Waals surface area contributed by atoms with Crippen molar-refractivity contribution in [2.45, 2.75) is 11.7 Å². The highest BCUT2D eigenvalue weighted by Crippen LogP contribution is 2.32. The van der Waals surface area contributed by atoms with Gasteiger partial charge in [0.25, 0.3) is 0 Å². The average Bonchev–Trinajstić information content (AvgIpc) is 3.12. The summed E-state index contributed by atoms with van der Waals surface area (Å²) in [7, 11) is 1.62. The standard InChI is InChI=1S/C21H21ClN4O5S/c1-29-7-6-26-16-4-2-13(22)10-15(16)24-21(26)32-12-19(27)25-20(28)23-14-3-5-17-18(11-14)31-9-8-30-17/h2-5,10-11H,6-9,12H2,1H3,(H2,23,25,27,28). The molecule has 1 aromatic heterocycles. The first-order valence-electron chi connectivity index (χ1n) is 9.81. The van der Waals surface area contributed by atoms with Gasteiger partial charge in [0.15, 0.2) is 16.7 Å². The number of hydrogen-bond donors (Lipinski definition) is 2. The number of urea groups is 1. The van der Waals surface area contributed by atoms with E-state index < -0.39 is 11.9 Å². The Labute approximate surface area is 193 Å². The first-order chi connectivity index (χ1) is 15.5. The molecule has 0 radical (unpaired) electrons. The number of anilines is 1. The number of fused-ring (bicyclic) bond motifs is 2. The molecule has 32 heavy (non-hydrogen) atoms. The van der Waals surface area contributed by atoms with Gasteiger partial charge in [0, 0.05) is 30.4 Å². The summed E-state index contributed by atoms with van der Waals surface area (Å²) in [5.41, 5.74) is 2.11. The Hall–Kier alpha value is -2.95. The normalized spacial score (nSPS) is 12.6. The van der Waals surface area contributed by atoms with E-state index in [-0.39, 0.29) is 5.75 Å². The molecule has 3 aromatic rings. The quantitative estimate of drug-likeness (QED) is 0.502. The predicted octanol–water partition coefficient (Wildman–Crippen LogP) is 3.55. The summed E-state index contributed by atoms with van der Waals surface area (Å²) in [6, 6.07) is 9.84. The van der Waals surface area contributed by atoms with Crippen LogP contribution in [0.3, 0.4) is 0 Å². The average molecular weight is 477 g/mol. The molecule has 168 valence electrons. The number of thioether (sulfide) groups is 1. The molecule has 0 aliphatic carbocycles. The van der Waals surface area contributed by atoms with Crippen LogP contribution in [0.1, 0.15) is 0 Å². The molecule has 3 amide bonds. The van der Waals surface area contributed by atoms with Crippen LogP contribution in [0.25, 0.3) is 11.0 Å². The lowest BCUT2D eigenvalue weighted by Crippen LogP contribution is -2.35. The molecule has 0 saturated heterocycles. The summed E-state index contributed by atoms with van der Waals surface area (Å²) in [6.07, 6.45) is 0. The molecule has 0 spiro atoms. The van der Waals surface area contributed by atoms with Gasteiger partial charge in [0.2, 0.25) is 5.91 Å². The van der Waals surface area contributed by atoms with Gasteiger partial charge in [0.05, 0.1) is 23.4 Å². The number of nitrogens with one attached hydrogen (secondary N) is 2. The summed E-state index contributed by atoms with van der Waals surface area (Å²) in [5, 5.41) is 6.16. The number of imidazole rings is 1. The number of imide groups is 1. The third-order valence-electron chi connectivity index (χ3n) is 4.58. The fourth-order valence-corrected chi connectivity index (χ4v) is 4.17. The molecule has 1 aliphatic rings. The molecule has 2 N–H and O–H groups in total. The van der Waals surface area contributed by atoms with E-state index >= 15 is 0 Å². The number of amides is 3. The molecule has 0 saturated carbocycles. The monoisotopic (exact) mass is 476 g/mol. The van der Waals surface area contributed by atoms with Gasteiger partial charge in [-0.25, -0.2) is 9.78 Å². The van der Waals surface area contributed by atoms with E-state index in [1.165, 1.54) is 11.8 Å². The van der Waals surface area contributed by atoms with E-state index in [1.54, 1.807) is 37.4 Å². The van der Waals surface area contributed by atoms with Crippen LogP contribution in [-0.2, 0) is 16.1 Å². The molecule has 11 heteroatoms. The number of carbonyl (C=O) groups is 2. The van der Waals surface area contributed by atoms with Crippen molar-refractivity contribution in [1.29, 1.82) is 0 Å². The Bertz CT molecular complexity index is 1150. The Balaban J connectivity index is 1.36. The van der Waals surface area contributed by atoms with E-state index in [2.05, 4.69) is 15.6 Å². The number of hydrogen-bond acceptors (Lipinski definition) is 7.